The maximum Gasteiger partial charge on any atom is 0.248 e. The lowest BCUT2D eigenvalue weighted by atomic mass is 10.1. The number of nitrogens with two attached hydrogens (primary N) is 1. The van der Waals surface area contributed by atoms with Crippen LogP contribution in [0, 0.1) is 0 Å². The van der Waals surface area contributed by atoms with E-state index in [1.807, 2.05) is 18.2 Å². The van der Waals surface area contributed by atoms with Crippen molar-refractivity contribution in [3.8, 4) is 0 Å². The Morgan fingerprint density at radius 3 is 2.88 bits per heavy atom. The average Bonchev–Trinajstić information content (AvgIpc) is 2.34. The quantitative estimate of drug-likeness (QED) is 0.688. The minimum atomic E-state index is -0.377. The van der Waals surface area contributed by atoms with Gasteiger partial charge in [0.05, 0.1) is 0 Å². The summed E-state index contributed by atoms with van der Waals surface area (Å²) in [6.45, 7) is 5.91. The fourth-order valence-electron chi connectivity index (χ4n) is 1.50. The van der Waals surface area contributed by atoms with Crippen LogP contribution in [0.2, 0.25) is 0 Å². The van der Waals surface area contributed by atoms with Crippen molar-refractivity contribution in [1.82, 2.24) is 10.2 Å². The SMILES string of the molecule is CCN(C)CCNCc1cccc(C(N)=O)c1. The van der Waals surface area contributed by atoms with Crippen molar-refractivity contribution in [2.24, 2.45) is 5.73 Å². The molecule has 0 unspecified atom stereocenters. The number of nitrogens with one attached hydrogen (secondary N) is 1. The summed E-state index contributed by atoms with van der Waals surface area (Å²) in [5, 5.41) is 3.34. The van der Waals surface area contributed by atoms with Crippen LogP contribution in [0.25, 0.3) is 0 Å². The molecule has 4 nitrogen and oxygen atoms in total. The number of primary amides is 1. The van der Waals surface area contributed by atoms with Crippen LogP contribution in [-0.4, -0.2) is 37.5 Å². The predicted octanol–water partition coefficient (Wildman–Crippen LogP) is 0.827. The van der Waals surface area contributed by atoms with Crippen molar-refractivity contribution < 1.29 is 4.79 Å². The maximum atomic E-state index is 11.0. The van der Waals surface area contributed by atoms with E-state index in [2.05, 4.69) is 24.2 Å². The van der Waals surface area contributed by atoms with E-state index in [4.69, 9.17) is 5.73 Å². The van der Waals surface area contributed by atoms with Gasteiger partial charge in [0.15, 0.2) is 0 Å². The van der Waals surface area contributed by atoms with E-state index in [0.717, 1.165) is 31.7 Å². The first-order chi connectivity index (χ1) is 8.13. The van der Waals surface area contributed by atoms with Gasteiger partial charge in [0.1, 0.15) is 0 Å². The zero-order valence-corrected chi connectivity index (χ0v) is 10.6. The van der Waals surface area contributed by atoms with Crippen LogP contribution in [0.1, 0.15) is 22.8 Å². The van der Waals surface area contributed by atoms with Crippen molar-refractivity contribution >= 4 is 5.91 Å². The van der Waals surface area contributed by atoms with E-state index in [-0.39, 0.29) is 5.91 Å². The van der Waals surface area contributed by atoms with Gasteiger partial charge in [-0.3, -0.25) is 4.79 Å². The molecule has 0 aromatic heterocycles. The molecule has 1 aromatic rings. The van der Waals surface area contributed by atoms with Crippen molar-refractivity contribution in [3.63, 3.8) is 0 Å². The summed E-state index contributed by atoms with van der Waals surface area (Å²) in [6.07, 6.45) is 0. The molecular weight excluding hydrogens is 214 g/mol. The monoisotopic (exact) mass is 235 g/mol. The summed E-state index contributed by atoms with van der Waals surface area (Å²) in [6, 6.07) is 7.41. The predicted molar refractivity (Wildman–Crippen MR) is 69.8 cm³/mol. The van der Waals surface area contributed by atoms with Crippen LogP contribution in [-0.2, 0) is 6.54 Å². The molecule has 0 atom stereocenters. The van der Waals surface area contributed by atoms with E-state index in [0.29, 0.717) is 5.56 Å². The van der Waals surface area contributed by atoms with E-state index in [9.17, 15) is 4.79 Å². The largest absolute Gasteiger partial charge is 0.366 e. The van der Waals surface area contributed by atoms with E-state index < -0.39 is 0 Å². The summed E-state index contributed by atoms with van der Waals surface area (Å²) in [7, 11) is 2.09. The third-order valence-electron chi connectivity index (χ3n) is 2.75. The molecule has 4 heteroatoms. The highest BCUT2D eigenvalue weighted by Crippen LogP contribution is 2.04. The molecule has 0 aliphatic carbocycles. The van der Waals surface area contributed by atoms with Crippen molar-refractivity contribution in [1.29, 1.82) is 0 Å². The van der Waals surface area contributed by atoms with E-state index in [1.54, 1.807) is 6.07 Å². The number of rotatable bonds is 7. The van der Waals surface area contributed by atoms with Crippen LogP contribution in [0.15, 0.2) is 24.3 Å². The molecule has 1 rings (SSSR count). The minimum Gasteiger partial charge on any atom is -0.366 e. The third kappa shape index (κ3) is 4.97. The van der Waals surface area contributed by atoms with Gasteiger partial charge in [0.2, 0.25) is 5.91 Å². The molecule has 0 saturated heterocycles. The normalized spacial score (nSPS) is 10.8. The number of benzene rings is 1. The average molecular weight is 235 g/mol. The zero-order chi connectivity index (χ0) is 12.7. The molecule has 3 N–H and O–H groups in total. The Bertz CT molecular complexity index is 365. The Morgan fingerprint density at radius 1 is 1.47 bits per heavy atom. The molecule has 0 radical (unpaired) electrons. The first kappa shape index (κ1) is 13.7. The van der Waals surface area contributed by atoms with E-state index >= 15 is 0 Å². The zero-order valence-electron chi connectivity index (χ0n) is 10.6. The van der Waals surface area contributed by atoms with Gasteiger partial charge in [-0.25, -0.2) is 0 Å². The minimum absolute atomic E-state index is 0.377. The van der Waals surface area contributed by atoms with Gasteiger partial charge in [-0.1, -0.05) is 19.1 Å². The van der Waals surface area contributed by atoms with Crippen molar-refractivity contribution in [2.75, 3.05) is 26.7 Å². The van der Waals surface area contributed by atoms with Crippen LogP contribution < -0.4 is 11.1 Å². The second-order valence-electron chi connectivity index (χ2n) is 4.14. The number of likely N-dealkylation sites (N-methyl/N-ethyl adjacent to an activating group) is 1. The molecule has 0 spiro atoms. The van der Waals surface area contributed by atoms with Gasteiger partial charge in [-0.15, -0.1) is 0 Å². The third-order valence-corrected chi connectivity index (χ3v) is 2.75. The van der Waals surface area contributed by atoms with Gasteiger partial charge in [-0.05, 0) is 31.3 Å². The number of amides is 1. The molecule has 17 heavy (non-hydrogen) atoms. The second kappa shape index (κ2) is 7.04. The molecule has 1 aromatic carbocycles. The van der Waals surface area contributed by atoms with Crippen LogP contribution >= 0.6 is 0 Å². The smallest absolute Gasteiger partial charge is 0.248 e. The number of carbonyl (C=O) groups is 1. The Hall–Kier alpha value is -1.39. The highest BCUT2D eigenvalue weighted by Gasteiger charge is 2.01. The molecule has 0 aliphatic rings. The molecule has 0 heterocycles. The second-order valence-corrected chi connectivity index (χ2v) is 4.14. The van der Waals surface area contributed by atoms with Crippen LogP contribution in [0.3, 0.4) is 0 Å². The summed E-state index contributed by atoms with van der Waals surface area (Å²) >= 11 is 0. The lowest BCUT2D eigenvalue weighted by molar-refractivity contribution is 0.1000. The summed E-state index contributed by atoms with van der Waals surface area (Å²) in [4.78, 5) is 13.2. The van der Waals surface area contributed by atoms with Crippen LogP contribution in [0.4, 0.5) is 0 Å². The van der Waals surface area contributed by atoms with Crippen molar-refractivity contribution in [2.45, 2.75) is 13.5 Å². The van der Waals surface area contributed by atoms with Gasteiger partial charge < -0.3 is 16.0 Å². The number of carbonyl (C=O) groups excluding carboxylic acids is 1. The molecule has 1 amide bonds. The van der Waals surface area contributed by atoms with Crippen LogP contribution in [0.5, 0.6) is 0 Å². The van der Waals surface area contributed by atoms with E-state index in [1.165, 1.54) is 0 Å². The summed E-state index contributed by atoms with van der Waals surface area (Å²) in [5.41, 5.74) is 6.88. The molecule has 0 saturated carbocycles. The summed E-state index contributed by atoms with van der Waals surface area (Å²) < 4.78 is 0. The molecule has 94 valence electrons. The molecule has 0 aliphatic heterocycles. The standard InChI is InChI=1S/C13H21N3O/c1-3-16(2)8-7-15-10-11-5-4-6-12(9-11)13(14)17/h4-6,9,15H,3,7-8,10H2,1-2H3,(H2,14,17). The molecule has 0 fully saturated rings. The number of hydrogen-bond donors (Lipinski definition) is 2. The fourth-order valence-corrected chi connectivity index (χ4v) is 1.50. The Morgan fingerprint density at radius 2 is 2.24 bits per heavy atom. The Labute approximate surface area is 103 Å². The molecular formula is C13H21N3O. The maximum absolute atomic E-state index is 11.0. The fraction of sp³-hybridized carbons (Fsp3) is 0.462. The summed E-state index contributed by atoms with van der Waals surface area (Å²) in [5.74, 6) is -0.377. The topological polar surface area (TPSA) is 58.4 Å². The first-order valence-corrected chi connectivity index (χ1v) is 5.91. The Kier molecular flexibility index (Phi) is 5.66. The lowest BCUT2D eigenvalue weighted by Crippen LogP contribution is -2.28. The Balaban J connectivity index is 2.36. The highest BCUT2D eigenvalue weighted by atomic mass is 16.1. The van der Waals surface area contributed by atoms with Gasteiger partial charge in [-0.2, -0.15) is 0 Å². The van der Waals surface area contributed by atoms with Gasteiger partial charge >= 0.3 is 0 Å². The first-order valence-electron chi connectivity index (χ1n) is 5.91. The highest BCUT2D eigenvalue weighted by molar-refractivity contribution is 5.92. The van der Waals surface area contributed by atoms with Gasteiger partial charge in [0, 0.05) is 25.2 Å². The number of nitrogens with zero attached hydrogens (tertiary/aromatic N) is 1. The molecule has 0 bridgehead atoms. The number of hydrogen-bond acceptors (Lipinski definition) is 3. The van der Waals surface area contributed by atoms with Gasteiger partial charge in [0.25, 0.3) is 0 Å². The lowest BCUT2D eigenvalue weighted by Gasteiger charge is -2.14. The van der Waals surface area contributed by atoms with Crippen molar-refractivity contribution in [3.05, 3.63) is 35.4 Å².